The van der Waals surface area contributed by atoms with Gasteiger partial charge < -0.3 is 20.0 Å². The Bertz CT molecular complexity index is 851. The minimum absolute atomic E-state index is 0.0750. The van der Waals surface area contributed by atoms with E-state index in [0.29, 0.717) is 10.6 Å². The molecule has 0 aromatic carbocycles. The molecule has 29 heavy (non-hydrogen) atoms. The van der Waals surface area contributed by atoms with Crippen LogP contribution in [-0.2, 0) is 20.7 Å². The molecule has 2 fully saturated rings. The SMILES string of the molecule is CCCc1cc(C(=O)OCC)c(NC(=O)[C@@H]2[C@@H](C(=O)[O-])[C@H]3CC[C@H]2C3=C(C)C)s1. The highest BCUT2D eigenvalue weighted by molar-refractivity contribution is 7.16. The molecule has 1 heterocycles. The quantitative estimate of drug-likeness (QED) is 0.542. The van der Waals surface area contributed by atoms with Crippen molar-refractivity contribution in [3.05, 3.63) is 27.7 Å². The summed E-state index contributed by atoms with van der Waals surface area (Å²) in [5.74, 6) is -3.69. The maximum atomic E-state index is 13.2. The fourth-order valence-electron chi connectivity index (χ4n) is 5.05. The van der Waals surface area contributed by atoms with Crippen LogP contribution in [0, 0.1) is 23.7 Å². The first-order chi connectivity index (χ1) is 13.8. The minimum atomic E-state index is -1.17. The number of rotatable bonds is 7. The monoisotopic (exact) mass is 418 g/mol. The van der Waals surface area contributed by atoms with Gasteiger partial charge in [-0.2, -0.15) is 0 Å². The number of amides is 1. The zero-order valence-corrected chi connectivity index (χ0v) is 18.2. The van der Waals surface area contributed by atoms with Gasteiger partial charge in [0.15, 0.2) is 0 Å². The number of esters is 1. The van der Waals surface area contributed by atoms with Crippen LogP contribution in [0.15, 0.2) is 17.2 Å². The van der Waals surface area contributed by atoms with E-state index in [0.717, 1.165) is 41.7 Å². The fourth-order valence-corrected chi connectivity index (χ4v) is 6.20. The molecule has 158 valence electrons. The highest BCUT2D eigenvalue weighted by Gasteiger charge is 2.54. The lowest BCUT2D eigenvalue weighted by Gasteiger charge is -2.30. The number of thiophene rings is 1. The molecule has 1 aromatic rings. The summed E-state index contributed by atoms with van der Waals surface area (Å²) in [6.07, 6.45) is 3.30. The number of anilines is 1. The van der Waals surface area contributed by atoms with E-state index >= 15 is 0 Å². The molecule has 0 unspecified atom stereocenters. The topological polar surface area (TPSA) is 95.5 Å². The van der Waals surface area contributed by atoms with E-state index in [4.69, 9.17) is 4.74 Å². The van der Waals surface area contributed by atoms with Gasteiger partial charge in [-0.05, 0) is 57.9 Å². The summed E-state index contributed by atoms with van der Waals surface area (Å²) >= 11 is 1.35. The maximum absolute atomic E-state index is 13.2. The lowest BCUT2D eigenvalue weighted by molar-refractivity contribution is -0.314. The third kappa shape index (κ3) is 3.97. The summed E-state index contributed by atoms with van der Waals surface area (Å²) in [6.45, 7) is 7.97. The molecule has 2 bridgehead atoms. The van der Waals surface area contributed by atoms with Gasteiger partial charge in [-0.3, -0.25) is 4.79 Å². The number of fused-ring (bicyclic) bond motifs is 2. The van der Waals surface area contributed by atoms with Crippen LogP contribution in [0.2, 0.25) is 0 Å². The van der Waals surface area contributed by atoms with E-state index in [1.165, 1.54) is 11.3 Å². The maximum Gasteiger partial charge on any atom is 0.341 e. The van der Waals surface area contributed by atoms with E-state index in [-0.39, 0.29) is 24.3 Å². The van der Waals surface area contributed by atoms with Crippen molar-refractivity contribution >= 4 is 34.2 Å². The van der Waals surface area contributed by atoms with Crippen molar-refractivity contribution in [2.75, 3.05) is 11.9 Å². The van der Waals surface area contributed by atoms with Gasteiger partial charge in [0.05, 0.1) is 18.1 Å². The van der Waals surface area contributed by atoms with E-state index in [1.54, 1.807) is 13.0 Å². The Morgan fingerprint density at radius 3 is 2.38 bits per heavy atom. The van der Waals surface area contributed by atoms with Crippen LogP contribution in [-0.4, -0.2) is 24.5 Å². The first-order valence-electron chi connectivity index (χ1n) is 10.3. The standard InChI is InChI=1S/C22H29NO5S/c1-5-7-12-10-15(22(27)28-6-2)20(29-12)23-19(24)17-13-8-9-14(16(13)11(3)4)18(17)21(25)26/h10,13-14,17-18H,5-9H2,1-4H3,(H,23,24)(H,25,26)/p-1/t13-,14-,17-,18-/m0/s1. The first-order valence-corrected chi connectivity index (χ1v) is 11.1. The van der Waals surface area contributed by atoms with Gasteiger partial charge in [-0.1, -0.05) is 24.5 Å². The van der Waals surface area contributed by atoms with Gasteiger partial charge in [0, 0.05) is 16.8 Å². The number of carboxylic acids is 1. The van der Waals surface area contributed by atoms with Crippen molar-refractivity contribution in [1.29, 1.82) is 0 Å². The molecule has 2 saturated carbocycles. The van der Waals surface area contributed by atoms with E-state index < -0.39 is 23.8 Å². The smallest absolute Gasteiger partial charge is 0.341 e. The molecule has 2 aliphatic carbocycles. The number of carboxylic acid groups (broad SMARTS) is 1. The molecular formula is C22H28NO5S-. The summed E-state index contributed by atoms with van der Waals surface area (Å²) < 4.78 is 5.13. The van der Waals surface area contributed by atoms with Crippen molar-refractivity contribution in [2.45, 2.75) is 53.4 Å². The summed E-state index contributed by atoms with van der Waals surface area (Å²) in [6, 6.07) is 1.76. The second kappa shape index (κ2) is 8.69. The van der Waals surface area contributed by atoms with Crippen molar-refractivity contribution in [3.8, 4) is 0 Å². The Kier molecular flexibility index (Phi) is 6.46. The summed E-state index contributed by atoms with van der Waals surface area (Å²) in [5.41, 5.74) is 2.53. The summed E-state index contributed by atoms with van der Waals surface area (Å²) in [4.78, 5) is 38.4. The van der Waals surface area contributed by atoms with Crippen LogP contribution in [0.3, 0.4) is 0 Å². The number of carbonyl (C=O) groups excluding carboxylic acids is 3. The molecule has 1 amide bonds. The molecule has 0 spiro atoms. The number of aryl methyl sites for hydroxylation is 1. The number of allylic oxidation sites excluding steroid dienone is 2. The van der Waals surface area contributed by atoms with Gasteiger partial charge in [0.25, 0.3) is 0 Å². The number of ether oxygens (including phenoxy) is 1. The van der Waals surface area contributed by atoms with E-state index in [2.05, 4.69) is 5.32 Å². The average Bonchev–Trinajstić information content (AvgIpc) is 3.33. The summed E-state index contributed by atoms with van der Waals surface area (Å²) in [7, 11) is 0. The Hall–Kier alpha value is -2.15. The van der Waals surface area contributed by atoms with Crippen molar-refractivity contribution in [2.24, 2.45) is 23.7 Å². The molecular weight excluding hydrogens is 390 g/mol. The number of hydrogen-bond donors (Lipinski definition) is 1. The van der Waals surface area contributed by atoms with Gasteiger partial charge in [0.2, 0.25) is 5.91 Å². The third-order valence-electron chi connectivity index (χ3n) is 6.01. The highest BCUT2D eigenvalue weighted by atomic mass is 32.1. The highest BCUT2D eigenvalue weighted by Crippen LogP contribution is 2.57. The second-order valence-corrected chi connectivity index (χ2v) is 9.17. The van der Waals surface area contributed by atoms with Gasteiger partial charge in [0.1, 0.15) is 5.00 Å². The molecule has 3 rings (SSSR count). The van der Waals surface area contributed by atoms with Crippen molar-refractivity contribution in [3.63, 3.8) is 0 Å². The van der Waals surface area contributed by atoms with Gasteiger partial charge in [-0.15, -0.1) is 11.3 Å². The van der Waals surface area contributed by atoms with Gasteiger partial charge >= 0.3 is 5.97 Å². The van der Waals surface area contributed by atoms with Crippen molar-refractivity contribution < 1.29 is 24.2 Å². The zero-order valence-electron chi connectivity index (χ0n) is 17.4. The number of nitrogens with one attached hydrogen (secondary N) is 1. The van der Waals surface area contributed by atoms with Gasteiger partial charge in [-0.25, -0.2) is 4.79 Å². The van der Waals surface area contributed by atoms with Crippen molar-refractivity contribution in [1.82, 2.24) is 0 Å². The molecule has 0 radical (unpaired) electrons. The fraction of sp³-hybridized carbons (Fsp3) is 0.591. The van der Waals surface area contributed by atoms with Crippen LogP contribution in [0.4, 0.5) is 5.00 Å². The average molecular weight is 419 g/mol. The molecule has 0 saturated heterocycles. The zero-order chi connectivity index (χ0) is 21.3. The Morgan fingerprint density at radius 1 is 1.17 bits per heavy atom. The van der Waals surface area contributed by atoms with Crippen LogP contribution in [0.1, 0.15) is 62.2 Å². The summed E-state index contributed by atoms with van der Waals surface area (Å²) in [5, 5.41) is 15.2. The lowest BCUT2D eigenvalue weighted by atomic mass is 9.79. The van der Waals surface area contributed by atoms with Crippen LogP contribution < -0.4 is 10.4 Å². The second-order valence-electron chi connectivity index (χ2n) is 8.03. The molecule has 1 aromatic heterocycles. The number of hydrogen-bond acceptors (Lipinski definition) is 6. The number of carbonyl (C=O) groups is 3. The Balaban J connectivity index is 1.90. The normalized spacial score (nSPS) is 25.2. The Morgan fingerprint density at radius 2 is 1.83 bits per heavy atom. The predicted molar refractivity (Wildman–Crippen MR) is 109 cm³/mol. The van der Waals surface area contributed by atoms with E-state index in [9.17, 15) is 19.5 Å². The molecule has 2 aliphatic rings. The predicted octanol–water partition coefficient (Wildman–Crippen LogP) is 3.17. The largest absolute Gasteiger partial charge is 0.550 e. The van der Waals surface area contributed by atoms with E-state index in [1.807, 2.05) is 20.8 Å². The minimum Gasteiger partial charge on any atom is -0.550 e. The lowest BCUT2D eigenvalue weighted by Crippen LogP contribution is -2.44. The first kappa shape index (κ1) is 21.6. The molecule has 1 N–H and O–H groups in total. The van der Waals surface area contributed by atoms with Crippen LogP contribution in [0.5, 0.6) is 0 Å². The number of aliphatic carboxylic acids is 1. The molecule has 7 heteroatoms. The molecule has 6 nitrogen and oxygen atoms in total. The Labute approximate surface area is 175 Å². The van der Waals surface area contributed by atoms with Crippen LogP contribution in [0.25, 0.3) is 0 Å². The molecule has 4 atom stereocenters. The third-order valence-corrected chi connectivity index (χ3v) is 7.12. The molecule has 0 aliphatic heterocycles. The van der Waals surface area contributed by atoms with Crippen LogP contribution >= 0.6 is 11.3 Å².